The van der Waals surface area contributed by atoms with Gasteiger partial charge in [-0.2, -0.15) is 0 Å². The van der Waals surface area contributed by atoms with E-state index in [1.165, 1.54) is 7.11 Å². The SMILES string of the molecule is C\C=C(Cl)/C(=C\C(=C\CCC)C(=O)OC)CO. The van der Waals surface area contributed by atoms with Gasteiger partial charge in [0.1, 0.15) is 0 Å². The first-order chi connectivity index (χ1) is 8.10. The van der Waals surface area contributed by atoms with Crippen LogP contribution in [0.5, 0.6) is 0 Å². The molecular formula is C13H19ClO3. The summed E-state index contributed by atoms with van der Waals surface area (Å²) < 4.78 is 4.67. The Morgan fingerprint density at radius 1 is 1.47 bits per heavy atom. The number of halogens is 1. The second-order valence-corrected chi connectivity index (χ2v) is 3.81. The van der Waals surface area contributed by atoms with E-state index in [2.05, 4.69) is 4.74 Å². The van der Waals surface area contributed by atoms with E-state index in [0.717, 1.165) is 12.8 Å². The molecule has 0 spiro atoms. The second kappa shape index (κ2) is 9.02. The van der Waals surface area contributed by atoms with Gasteiger partial charge in [-0.3, -0.25) is 0 Å². The lowest BCUT2D eigenvalue weighted by Gasteiger charge is -2.05. The van der Waals surface area contributed by atoms with Crippen molar-refractivity contribution >= 4 is 17.6 Å². The zero-order valence-electron chi connectivity index (χ0n) is 10.5. The second-order valence-electron chi connectivity index (χ2n) is 3.40. The van der Waals surface area contributed by atoms with Crippen molar-refractivity contribution in [2.45, 2.75) is 26.7 Å². The standard InChI is InChI=1S/C13H19ClO3/c1-4-6-7-10(13(16)17-3)8-11(9-15)12(14)5-2/h5,7-8,15H,4,6,9H2,1-3H3/b10-7-,11-8-,12-5+. The fourth-order valence-electron chi connectivity index (χ4n) is 1.18. The van der Waals surface area contributed by atoms with Crippen LogP contribution in [0.3, 0.4) is 0 Å². The van der Waals surface area contributed by atoms with Gasteiger partial charge < -0.3 is 9.84 Å². The van der Waals surface area contributed by atoms with Crippen LogP contribution in [0.15, 0.2) is 34.4 Å². The lowest BCUT2D eigenvalue weighted by atomic mass is 10.1. The third kappa shape index (κ3) is 5.71. The van der Waals surface area contributed by atoms with Gasteiger partial charge in [0.2, 0.25) is 0 Å². The lowest BCUT2D eigenvalue weighted by molar-refractivity contribution is -0.135. The van der Waals surface area contributed by atoms with Gasteiger partial charge in [-0.1, -0.05) is 37.1 Å². The van der Waals surface area contributed by atoms with Crippen molar-refractivity contribution in [1.29, 1.82) is 0 Å². The van der Waals surface area contributed by atoms with Crippen molar-refractivity contribution in [3.05, 3.63) is 34.4 Å². The third-order valence-electron chi connectivity index (χ3n) is 2.13. The van der Waals surface area contributed by atoms with Crippen molar-refractivity contribution < 1.29 is 14.6 Å². The van der Waals surface area contributed by atoms with Crippen LogP contribution in [-0.4, -0.2) is 24.8 Å². The zero-order chi connectivity index (χ0) is 13.3. The summed E-state index contributed by atoms with van der Waals surface area (Å²) >= 11 is 5.91. The van der Waals surface area contributed by atoms with Gasteiger partial charge in [0.15, 0.2) is 0 Å². The van der Waals surface area contributed by atoms with Crippen LogP contribution in [-0.2, 0) is 9.53 Å². The van der Waals surface area contributed by atoms with Crippen molar-refractivity contribution in [2.24, 2.45) is 0 Å². The Labute approximate surface area is 107 Å². The van der Waals surface area contributed by atoms with Gasteiger partial charge in [0.05, 0.1) is 19.3 Å². The van der Waals surface area contributed by atoms with E-state index < -0.39 is 5.97 Å². The first kappa shape index (κ1) is 15.9. The Morgan fingerprint density at radius 3 is 2.53 bits per heavy atom. The summed E-state index contributed by atoms with van der Waals surface area (Å²) in [6.45, 7) is 3.56. The molecule has 0 aliphatic heterocycles. The van der Waals surface area contributed by atoms with Gasteiger partial charge in [-0.15, -0.1) is 0 Å². The summed E-state index contributed by atoms with van der Waals surface area (Å²) in [5.41, 5.74) is 0.917. The van der Waals surface area contributed by atoms with E-state index in [1.54, 1.807) is 25.2 Å². The van der Waals surface area contributed by atoms with Crippen molar-refractivity contribution in [3.63, 3.8) is 0 Å². The quantitative estimate of drug-likeness (QED) is 0.453. The van der Waals surface area contributed by atoms with Crippen LogP contribution in [0.2, 0.25) is 0 Å². The number of allylic oxidation sites excluding steroid dienone is 2. The van der Waals surface area contributed by atoms with Crippen LogP contribution in [0.4, 0.5) is 0 Å². The molecule has 1 N–H and O–H groups in total. The van der Waals surface area contributed by atoms with Gasteiger partial charge in [-0.05, 0) is 25.0 Å². The van der Waals surface area contributed by atoms with Crippen molar-refractivity contribution in [2.75, 3.05) is 13.7 Å². The molecular weight excluding hydrogens is 240 g/mol. The Kier molecular flexibility index (Phi) is 8.46. The van der Waals surface area contributed by atoms with Crippen LogP contribution >= 0.6 is 11.6 Å². The monoisotopic (exact) mass is 258 g/mol. The molecule has 0 aromatic heterocycles. The highest BCUT2D eigenvalue weighted by Crippen LogP contribution is 2.17. The molecule has 0 fully saturated rings. The molecule has 0 bridgehead atoms. The van der Waals surface area contributed by atoms with E-state index in [4.69, 9.17) is 11.6 Å². The Balaban J connectivity index is 5.19. The summed E-state index contributed by atoms with van der Waals surface area (Å²) in [6.07, 6.45) is 6.71. The molecule has 0 amide bonds. The lowest BCUT2D eigenvalue weighted by Crippen LogP contribution is -2.04. The van der Waals surface area contributed by atoms with Gasteiger partial charge in [-0.25, -0.2) is 4.79 Å². The van der Waals surface area contributed by atoms with Crippen LogP contribution < -0.4 is 0 Å². The van der Waals surface area contributed by atoms with E-state index in [1.807, 2.05) is 6.92 Å². The predicted octanol–water partition coefficient (Wildman–Crippen LogP) is 2.95. The number of ether oxygens (including phenoxy) is 1. The molecule has 0 heterocycles. The number of esters is 1. The van der Waals surface area contributed by atoms with Crippen LogP contribution in [0.1, 0.15) is 26.7 Å². The maximum absolute atomic E-state index is 11.5. The van der Waals surface area contributed by atoms with E-state index in [0.29, 0.717) is 16.2 Å². The van der Waals surface area contributed by atoms with E-state index in [9.17, 15) is 9.90 Å². The smallest absolute Gasteiger partial charge is 0.337 e. The Bertz CT molecular complexity index is 341. The van der Waals surface area contributed by atoms with Crippen LogP contribution in [0, 0.1) is 0 Å². The molecule has 0 aromatic rings. The van der Waals surface area contributed by atoms with Crippen molar-refractivity contribution in [3.8, 4) is 0 Å². The number of hydrogen-bond acceptors (Lipinski definition) is 3. The van der Waals surface area contributed by atoms with Crippen LogP contribution in [0.25, 0.3) is 0 Å². The number of rotatable bonds is 6. The van der Waals surface area contributed by atoms with Gasteiger partial charge >= 0.3 is 5.97 Å². The van der Waals surface area contributed by atoms with Gasteiger partial charge in [0.25, 0.3) is 0 Å². The van der Waals surface area contributed by atoms with E-state index >= 15 is 0 Å². The summed E-state index contributed by atoms with van der Waals surface area (Å²) in [5, 5.41) is 9.61. The molecule has 0 atom stereocenters. The number of aliphatic hydroxyl groups is 1. The first-order valence-electron chi connectivity index (χ1n) is 5.52. The number of aliphatic hydroxyl groups excluding tert-OH is 1. The summed E-state index contributed by atoms with van der Waals surface area (Å²) in [7, 11) is 1.33. The maximum atomic E-state index is 11.5. The molecule has 0 aromatic carbocycles. The molecule has 4 heteroatoms. The number of carbonyl (C=O) groups excluding carboxylic acids is 1. The molecule has 0 saturated carbocycles. The molecule has 96 valence electrons. The fourth-order valence-corrected chi connectivity index (χ4v) is 1.30. The highest BCUT2D eigenvalue weighted by atomic mass is 35.5. The Morgan fingerprint density at radius 2 is 2.12 bits per heavy atom. The molecule has 0 radical (unpaired) electrons. The Hall–Kier alpha value is -1.06. The largest absolute Gasteiger partial charge is 0.465 e. The number of methoxy groups -OCH3 is 1. The average Bonchev–Trinajstić information content (AvgIpc) is 2.37. The first-order valence-corrected chi connectivity index (χ1v) is 5.90. The maximum Gasteiger partial charge on any atom is 0.337 e. The summed E-state index contributed by atoms with van der Waals surface area (Å²) in [4.78, 5) is 11.5. The highest BCUT2D eigenvalue weighted by Gasteiger charge is 2.09. The van der Waals surface area contributed by atoms with E-state index in [-0.39, 0.29) is 6.61 Å². The minimum absolute atomic E-state index is 0.219. The molecule has 0 aliphatic rings. The molecule has 0 rings (SSSR count). The number of hydrogen-bond donors (Lipinski definition) is 1. The number of carbonyl (C=O) groups is 1. The third-order valence-corrected chi connectivity index (χ3v) is 2.60. The minimum atomic E-state index is -0.426. The topological polar surface area (TPSA) is 46.5 Å². The average molecular weight is 259 g/mol. The highest BCUT2D eigenvalue weighted by molar-refractivity contribution is 6.32. The zero-order valence-corrected chi connectivity index (χ0v) is 11.3. The normalized spacial score (nSPS) is 13.8. The minimum Gasteiger partial charge on any atom is -0.465 e. The molecule has 0 aliphatic carbocycles. The molecule has 3 nitrogen and oxygen atoms in total. The predicted molar refractivity (Wildman–Crippen MR) is 69.8 cm³/mol. The molecule has 17 heavy (non-hydrogen) atoms. The van der Waals surface area contributed by atoms with Gasteiger partial charge in [0, 0.05) is 5.03 Å². The fraction of sp³-hybridized carbons (Fsp3) is 0.462. The summed E-state index contributed by atoms with van der Waals surface area (Å²) in [6, 6.07) is 0. The molecule has 0 saturated heterocycles. The van der Waals surface area contributed by atoms with Crippen molar-refractivity contribution in [1.82, 2.24) is 0 Å². The molecule has 0 unspecified atom stereocenters. The summed E-state index contributed by atoms with van der Waals surface area (Å²) in [5.74, 6) is -0.426. The number of unbranched alkanes of at least 4 members (excludes halogenated alkanes) is 1.